The molecule has 12 atom stereocenters. The van der Waals surface area contributed by atoms with E-state index in [1.165, 1.54) is 250 Å². The van der Waals surface area contributed by atoms with Crippen LogP contribution in [0.15, 0.2) is 12.2 Å². The molecule has 2 fully saturated rings. The monoisotopic (exact) mass is 1160 g/mol. The van der Waals surface area contributed by atoms with Gasteiger partial charge in [-0.1, -0.05) is 302 Å². The number of hydrogen-bond donors (Lipinski definition) is 9. The summed E-state index contributed by atoms with van der Waals surface area (Å²) in [5, 5.41) is 87.0. The van der Waals surface area contributed by atoms with E-state index in [1.54, 1.807) is 6.08 Å². The van der Waals surface area contributed by atoms with Gasteiger partial charge in [-0.05, 0) is 19.3 Å². The molecule has 480 valence electrons. The van der Waals surface area contributed by atoms with Crippen LogP contribution in [0.2, 0.25) is 0 Å². The zero-order valence-electron chi connectivity index (χ0n) is 52.1. The van der Waals surface area contributed by atoms with Crippen LogP contribution in [0.3, 0.4) is 0 Å². The molecule has 2 rings (SSSR count). The Bertz CT molecular complexity index is 1410. The maximum absolute atomic E-state index is 13.2. The van der Waals surface area contributed by atoms with Crippen molar-refractivity contribution in [3.63, 3.8) is 0 Å². The maximum atomic E-state index is 13.2. The fourth-order valence-corrected chi connectivity index (χ4v) is 11.7. The molecule has 1 amide bonds. The van der Waals surface area contributed by atoms with Gasteiger partial charge in [0.1, 0.15) is 48.8 Å². The zero-order valence-corrected chi connectivity index (χ0v) is 52.1. The molecule has 14 heteroatoms. The third kappa shape index (κ3) is 37.8. The fraction of sp³-hybridized carbons (Fsp3) is 0.955. The Morgan fingerprint density at radius 2 is 0.765 bits per heavy atom. The molecule has 9 N–H and O–H groups in total. The SMILES string of the molecule is CCCCCCCCCC/C=C/C(O)C(COC1OC(CO)C(OC2OC(CO)C(O)C(O)C2O)C(O)C1O)NC(=O)CCCCCCCCCCCCCCCCCCCCCCCCCCCCCCCCCCCCCCC. The summed E-state index contributed by atoms with van der Waals surface area (Å²) in [5.41, 5.74) is 0. The molecule has 0 bridgehead atoms. The Morgan fingerprint density at radius 3 is 1.14 bits per heavy atom. The molecule has 0 aromatic carbocycles. The van der Waals surface area contributed by atoms with Crippen LogP contribution in [-0.4, -0.2) is 140 Å². The van der Waals surface area contributed by atoms with E-state index in [0.717, 1.165) is 38.5 Å². The van der Waals surface area contributed by atoms with Gasteiger partial charge in [0.2, 0.25) is 5.91 Å². The van der Waals surface area contributed by atoms with E-state index >= 15 is 0 Å². The van der Waals surface area contributed by atoms with E-state index in [0.29, 0.717) is 6.42 Å². The highest BCUT2D eigenvalue weighted by Gasteiger charge is 2.51. The second-order valence-electron chi connectivity index (χ2n) is 24.7. The van der Waals surface area contributed by atoms with E-state index in [4.69, 9.17) is 18.9 Å². The summed E-state index contributed by atoms with van der Waals surface area (Å²) in [4.78, 5) is 13.2. The quantitative estimate of drug-likeness (QED) is 0.0204. The zero-order chi connectivity index (χ0) is 58.8. The topological polar surface area (TPSA) is 228 Å². The maximum Gasteiger partial charge on any atom is 0.220 e. The Hall–Kier alpha value is -1.27. The summed E-state index contributed by atoms with van der Waals surface area (Å²) in [5.74, 6) is -0.234. The number of allylic oxidation sites excluding steroid dienone is 1. The van der Waals surface area contributed by atoms with Crippen LogP contribution in [-0.2, 0) is 23.7 Å². The van der Waals surface area contributed by atoms with Gasteiger partial charge in [-0.2, -0.15) is 0 Å². The van der Waals surface area contributed by atoms with Crippen molar-refractivity contribution in [2.24, 2.45) is 0 Å². The first-order valence-electron chi connectivity index (χ1n) is 34.4. The van der Waals surface area contributed by atoms with Crippen molar-refractivity contribution in [1.29, 1.82) is 0 Å². The third-order valence-electron chi connectivity index (χ3n) is 17.2. The molecule has 2 heterocycles. The van der Waals surface area contributed by atoms with Crippen LogP contribution >= 0.6 is 0 Å². The molecular weight excluding hydrogens is 1030 g/mol. The highest BCUT2D eigenvalue weighted by atomic mass is 16.7. The van der Waals surface area contributed by atoms with Gasteiger partial charge in [0.25, 0.3) is 0 Å². The van der Waals surface area contributed by atoms with Gasteiger partial charge in [0.05, 0.1) is 32.0 Å². The van der Waals surface area contributed by atoms with Crippen LogP contribution in [0.5, 0.6) is 0 Å². The van der Waals surface area contributed by atoms with Crippen LogP contribution in [0.25, 0.3) is 0 Å². The first-order chi connectivity index (χ1) is 39.6. The molecule has 0 aliphatic carbocycles. The number of amides is 1. The molecule has 0 spiro atoms. The summed E-state index contributed by atoms with van der Waals surface area (Å²) in [6.45, 7) is 2.81. The second-order valence-corrected chi connectivity index (χ2v) is 24.7. The molecule has 81 heavy (non-hydrogen) atoms. The number of rotatable bonds is 57. The Labute approximate surface area is 495 Å². The summed E-state index contributed by atoms with van der Waals surface area (Å²) in [6, 6.07) is -0.909. The van der Waals surface area contributed by atoms with Crippen molar-refractivity contribution in [3.05, 3.63) is 12.2 Å². The largest absolute Gasteiger partial charge is 0.394 e. The van der Waals surface area contributed by atoms with Gasteiger partial charge < -0.3 is 65.1 Å². The summed E-state index contributed by atoms with van der Waals surface area (Å²) < 4.78 is 22.8. The Balaban J connectivity index is 1.53. The minimum absolute atomic E-state index is 0.234. The summed E-state index contributed by atoms with van der Waals surface area (Å²) >= 11 is 0. The average molecular weight is 1160 g/mol. The molecular formula is C67H129NO13. The van der Waals surface area contributed by atoms with E-state index in [1.807, 2.05) is 6.08 Å². The van der Waals surface area contributed by atoms with Crippen molar-refractivity contribution in [2.75, 3.05) is 19.8 Å². The highest BCUT2D eigenvalue weighted by molar-refractivity contribution is 5.76. The van der Waals surface area contributed by atoms with Crippen LogP contribution in [0.1, 0.15) is 316 Å². The van der Waals surface area contributed by atoms with Crippen molar-refractivity contribution in [3.8, 4) is 0 Å². The van der Waals surface area contributed by atoms with Gasteiger partial charge in [-0.15, -0.1) is 0 Å². The molecule has 2 aliphatic rings. The molecule has 0 aromatic heterocycles. The van der Waals surface area contributed by atoms with Crippen LogP contribution in [0.4, 0.5) is 0 Å². The smallest absolute Gasteiger partial charge is 0.220 e. The number of unbranched alkanes of at least 4 members (excludes halogenated alkanes) is 44. The number of carbonyl (C=O) groups is 1. The Kier molecular flexibility index (Phi) is 49.6. The van der Waals surface area contributed by atoms with Crippen molar-refractivity contribution in [2.45, 2.75) is 389 Å². The second kappa shape index (κ2) is 53.0. The van der Waals surface area contributed by atoms with Crippen molar-refractivity contribution < 1.29 is 64.6 Å². The van der Waals surface area contributed by atoms with E-state index in [-0.39, 0.29) is 18.9 Å². The van der Waals surface area contributed by atoms with Gasteiger partial charge in [0, 0.05) is 6.42 Å². The van der Waals surface area contributed by atoms with Crippen molar-refractivity contribution in [1.82, 2.24) is 5.32 Å². The van der Waals surface area contributed by atoms with Crippen LogP contribution in [0, 0.1) is 0 Å². The Morgan fingerprint density at radius 1 is 0.432 bits per heavy atom. The van der Waals surface area contributed by atoms with E-state index in [2.05, 4.69) is 19.2 Å². The molecule has 2 saturated heterocycles. The molecule has 12 unspecified atom stereocenters. The number of ether oxygens (including phenoxy) is 4. The fourth-order valence-electron chi connectivity index (χ4n) is 11.7. The summed E-state index contributed by atoms with van der Waals surface area (Å²) in [7, 11) is 0. The van der Waals surface area contributed by atoms with Gasteiger partial charge >= 0.3 is 0 Å². The molecule has 0 radical (unpaired) electrons. The lowest BCUT2D eigenvalue weighted by Gasteiger charge is -2.46. The van der Waals surface area contributed by atoms with Crippen molar-refractivity contribution >= 4 is 5.91 Å². The summed E-state index contributed by atoms with van der Waals surface area (Å²) in [6.07, 6.45) is 47.5. The first kappa shape index (κ1) is 75.8. The van der Waals surface area contributed by atoms with Crippen LogP contribution < -0.4 is 5.32 Å². The lowest BCUT2D eigenvalue weighted by atomic mass is 9.97. The van der Waals surface area contributed by atoms with E-state index in [9.17, 15) is 45.6 Å². The first-order valence-corrected chi connectivity index (χ1v) is 34.4. The number of carbonyl (C=O) groups excluding carboxylic acids is 1. The number of aliphatic hydroxyl groups excluding tert-OH is 8. The molecule has 0 saturated carbocycles. The van der Waals surface area contributed by atoms with Gasteiger partial charge in [-0.25, -0.2) is 0 Å². The minimum Gasteiger partial charge on any atom is -0.394 e. The highest BCUT2D eigenvalue weighted by Crippen LogP contribution is 2.30. The standard InChI is InChI=1S/C67H129NO13/c1-3-5-7-9-11-13-15-16-17-18-19-20-21-22-23-24-25-26-27-28-29-30-31-32-33-34-35-36-37-38-39-40-41-43-45-47-49-51-59(72)68-55(56(71)50-48-46-44-42-14-12-10-8-6-4-2)54-78-66-64(77)62(75)65(58(53-70)80-66)81-67-63(76)61(74)60(73)57(52-69)79-67/h48,50,55-58,60-67,69-71,73-77H,3-47,49,51-54H2,1-2H3,(H,68,72)/b50-48+. The molecule has 0 aromatic rings. The van der Waals surface area contributed by atoms with Gasteiger partial charge in [0.15, 0.2) is 12.6 Å². The number of aliphatic hydroxyl groups is 8. The predicted molar refractivity (Wildman–Crippen MR) is 328 cm³/mol. The average Bonchev–Trinajstić information content (AvgIpc) is 3.55. The van der Waals surface area contributed by atoms with E-state index < -0.39 is 86.8 Å². The third-order valence-corrected chi connectivity index (χ3v) is 17.2. The predicted octanol–water partition coefficient (Wildman–Crippen LogP) is 13.4. The molecule has 2 aliphatic heterocycles. The molecule has 14 nitrogen and oxygen atoms in total. The number of hydrogen-bond acceptors (Lipinski definition) is 13. The normalized spacial score (nSPS) is 24.1. The van der Waals surface area contributed by atoms with Gasteiger partial charge in [-0.3, -0.25) is 4.79 Å². The minimum atomic E-state index is -1.79. The lowest BCUT2D eigenvalue weighted by Crippen LogP contribution is -2.65. The lowest BCUT2D eigenvalue weighted by molar-refractivity contribution is -0.359. The number of nitrogens with one attached hydrogen (secondary N) is 1.